The standard InChI is InChI=1S/C14H20ClN3S/c1-10-6-2-4-8-12(10)16-14(19)18-17-13-9-5-3-7-11(13)15/h3,5,7,9-10,12,17H,2,4,6,8H2,1H3,(H2,16,18,19)/t10-,12-/m0/s1. The maximum absolute atomic E-state index is 6.06. The Morgan fingerprint density at radius 3 is 2.74 bits per heavy atom. The average molecular weight is 298 g/mol. The van der Waals surface area contributed by atoms with Crippen molar-refractivity contribution in [3.63, 3.8) is 0 Å². The molecule has 2 rings (SSSR count). The fourth-order valence-corrected chi connectivity index (χ4v) is 2.81. The first-order chi connectivity index (χ1) is 9.16. The van der Waals surface area contributed by atoms with E-state index in [-0.39, 0.29) is 0 Å². The number of halogens is 1. The van der Waals surface area contributed by atoms with E-state index in [1.165, 1.54) is 25.7 Å². The van der Waals surface area contributed by atoms with E-state index in [0.717, 1.165) is 5.69 Å². The van der Waals surface area contributed by atoms with Crippen molar-refractivity contribution in [2.45, 2.75) is 38.6 Å². The number of hydrogen-bond donors (Lipinski definition) is 3. The predicted molar refractivity (Wildman–Crippen MR) is 85.4 cm³/mol. The van der Waals surface area contributed by atoms with Crippen molar-refractivity contribution in [1.29, 1.82) is 0 Å². The fraction of sp³-hybridized carbons (Fsp3) is 0.500. The molecule has 0 amide bonds. The highest BCUT2D eigenvalue weighted by atomic mass is 35.5. The number of hydrogen-bond acceptors (Lipinski definition) is 2. The van der Waals surface area contributed by atoms with Gasteiger partial charge in [0.15, 0.2) is 5.11 Å². The molecule has 3 nitrogen and oxygen atoms in total. The molecule has 1 aromatic rings. The van der Waals surface area contributed by atoms with E-state index in [4.69, 9.17) is 23.8 Å². The summed E-state index contributed by atoms with van der Waals surface area (Å²) in [5, 5.41) is 4.67. The minimum atomic E-state index is 0.474. The van der Waals surface area contributed by atoms with Crippen molar-refractivity contribution >= 4 is 34.6 Å². The summed E-state index contributed by atoms with van der Waals surface area (Å²) >= 11 is 11.4. The molecule has 0 radical (unpaired) electrons. The van der Waals surface area contributed by atoms with E-state index in [1.54, 1.807) is 0 Å². The number of para-hydroxylation sites is 1. The van der Waals surface area contributed by atoms with E-state index < -0.39 is 0 Å². The van der Waals surface area contributed by atoms with Crippen LogP contribution in [0.5, 0.6) is 0 Å². The molecule has 0 spiro atoms. The van der Waals surface area contributed by atoms with E-state index >= 15 is 0 Å². The van der Waals surface area contributed by atoms with Crippen LogP contribution in [-0.4, -0.2) is 11.2 Å². The van der Waals surface area contributed by atoms with Crippen molar-refractivity contribution < 1.29 is 0 Å². The van der Waals surface area contributed by atoms with Gasteiger partial charge in [0, 0.05) is 6.04 Å². The van der Waals surface area contributed by atoms with Crippen LogP contribution in [0.3, 0.4) is 0 Å². The average Bonchev–Trinajstić information content (AvgIpc) is 2.40. The first-order valence-corrected chi connectivity index (χ1v) is 7.52. The first kappa shape index (κ1) is 14.4. The van der Waals surface area contributed by atoms with Crippen LogP contribution < -0.4 is 16.2 Å². The van der Waals surface area contributed by atoms with Crippen molar-refractivity contribution in [3.05, 3.63) is 29.3 Å². The molecule has 1 aliphatic rings. The lowest BCUT2D eigenvalue weighted by Gasteiger charge is -2.30. The highest BCUT2D eigenvalue weighted by Crippen LogP contribution is 2.23. The van der Waals surface area contributed by atoms with Crippen molar-refractivity contribution in [1.82, 2.24) is 10.7 Å². The largest absolute Gasteiger partial charge is 0.358 e. The molecular formula is C14H20ClN3S. The highest BCUT2D eigenvalue weighted by molar-refractivity contribution is 7.80. The summed E-state index contributed by atoms with van der Waals surface area (Å²) < 4.78 is 0. The van der Waals surface area contributed by atoms with Crippen LogP contribution in [0, 0.1) is 5.92 Å². The summed E-state index contributed by atoms with van der Waals surface area (Å²) in [5.74, 6) is 0.675. The van der Waals surface area contributed by atoms with Gasteiger partial charge < -0.3 is 5.32 Å². The molecule has 0 unspecified atom stereocenters. The van der Waals surface area contributed by atoms with Gasteiger partial charge in [-0.2, -0.15) is 0 Å². The molecule has 2 atom stereocenters. The minimum absolute atomic E-state index is 0.474. The molecular weight excluding hydrogens is 278 g/mol. The summed E-state index contributed by atoms with van der Waals surface area (Å²) in [6.45, 7) is 2.28. The lowest BCUT2D eigenvalue weighted by atomic mass is 9.86. The van der Waals surface area contributed by atoms with Crippen molar-refractivity contribution in [2.24, 2.45) is 5.92 Å². The SMILES string of the molecule is C[C@H]1CCCC[C@@H]1NC(=S)NNc1ccccc1Cl. The van der Waals surface area contributed by atoms with Gasteiger partial charge in [0.25, 0.3) is 0 Å². The van der Waals surface area contributed by atoms with Crippen LogP contribution in [0.15, 0.2) is 24.3 Å². The molecule has 5 heteroatoms. The lowest BCUT2D eigenvalue weighted by Crippen LogP contribution is -2.47. The van der Waals surface area contributed by atoms with Gasteiger partial charge in [-0.1, -0.05) is 43.5 Å². The normalized spacial score (nSPS) is 22.6. The molecule has 0 bridgehead atoms. The van der Waals surface area contributed by atoms with Gasteiger partial charge in [0.1, 0.15) is 0 Å². The van der Waals surface area contributed by atoms with E-state index in [9.17, 15) is 0 Å². The second-order valence-electron chi connectivity index (χ2n) is 5.07. The number of benzene rings is 1. The minimum Gasteiger partial charge on any atom is -0.358 e. The topological polar surface area (TPSA) is 36.1 Å². The summed E-state index contributed by atoms with van der Waals surface area (Å²) in [6, 6.07) is 8.04. The maximum atomic E-state index is 6.06. The van der Waals surface area contributed by atoms with Gasteiger partial charge in [-0.15, -0.1) is 0 Å². The van der Waals surface area contributed by atoms with Crippen LogP contribution >= 0.6 is 23.8 Å². The Hall–Kier alpha value is -1.00. The lowest BCUT2D eigenvalue weighted by molar-refractivity contribution is 0.308. The highest BCUT2D eigenvalue weighted by Gasteiger charge is 2.21. The molecule has 0 aromatic heterocycles. The Labute approximate surface area is 125 Å². The Kier molecular flexibility index (Phi) is 5.28. The summed E-state index contributed by atoms with van der Waals surface area (Å²) in [4.78, 5) is 0. The molecule has 0 aliphatic heterocycles. The van der Waals surface area contributed by atoms with Crippen LogP contribution in [0.2, 0.25) is 5.02 Å². The van der Waals surface area contributed by atoms with Crippen LogP contribution in [-0.2, 0) is 0 Å². The number of thiocarbonyl (C=S) groups is 1. The van der Waals surface area contributed by atoms with Gasteiger partial charge >= 0.3 is 0 Å². The Morgan fingerprint density at radius 1 is 1.26 bits per heavy atom. The molecule has 19 heavy (non-hydrogen) atoms. The number of hydrazine groups is 1. The summed E-state index contributed by atoms with van der Waals surface area (Å²) in [7, 11) is 0. The third-order valence-electron chi connectivity index (χ3n) is 3.61. The zero-order chi connectivity index (χ0) is 13.7. The molecule has 1 saturated carbocycles. The van der Waals surface area contributed by atoms with Crippen molar-refractivity contribution in [3.8, 4) is 0 Å². The Balaban J connectivity index is 1.80. The van der Waals surface area contributed by atoms with Crippen LogP contribution in [0.25, 0.3) is 0 Å². The second-order valence-corrected chi connectivity index (χ2v) is 5.89. The van der Waals surface area contributed by atoms with E-state index in [1.807, 2.05) is 24.3 Å². The molecule has 0 heterocycles. The van der Waals surface area contributed by atoms with Gasteiger partial charge in [-0.05, 0) is 43.1 Å². The van der Waals surface area contributed by atoms with Gasteiger partial charge in [0.05, 0.1) is 10.7 Å². The quantitative estimate of drug-likeness (QED) is 0.587. The molecule has 104 valence electrons. The maximum Gasteiger partial charge on any atom is 0.185 e. The zero-order valence-electron chi connectivity index (χ0n) is 11.1. The molecule has 3 N–H and O–H groups in total. The Bertz CT molecular complexity index is 438. The number of anilines is 1. The molecule has 1 aliphatic carbocycles. The summed E-state index contributed by atoms with van der Waals surface area (Å²) in [5.41, 5.74) is 6.85. The third kappa shape index (κ3) is 4.25. The number of nitrogens with one attached hydrogen (secondary N) is 3. The monoisotopic (exact) mass is 297 g/mol. The van der Waals surface area contributed by atoms with Crippen molar-refractivity contribution in [2.75, 3.05) is 5.43 Å². The third-order valence-corrected chi connectivity index (χ3v) is 4.16. The van der Waals surface area contributed by atoms with Crippen LogP contribution in [0.4, 0.5) is 5.69 Å². The molecule has 1 aromatic carbocycles. The Morgan fingerprint density at radius 2 is 2.00 bits per heavy atom. The second kappa shape index (κ2) is 6.96. The van der Waals surface area contributed by atoms with E-state index in [2.05, 4.69) is 23.1 Å². The predicted octanol–water partition coefficient (Wildman–Crippen LogP) is 3.71. The summed E-state index contributed by atoms with van der Waals surface area (Å²) in [6.07, 6.45) is 5.08. The number of rotatable bonds is 3. The molecule has 1 fully saturated rings. The zero-order valence-corrected chi connectivity index (χ0v) is 12.7. The van der Waals surface area contributed by atoms with Gasteiger partial charge in [0.2, 0.25) is 0 Å². The first-order valence-electron chi connectivity index (χ1n) is 6.74. The van der Waals surface area contributed by atoms with Gasteiger partial charge in [-0.25, -0.2) is 0 Å². The molecule has 0 saturated heterocycles. The van der Waals surface area contributed by atoms with Gasteiger partial charge in [-0.3, -0.25) is 10.9 Å². The van der Waals surface area contributed by atoms with Crippen LogP contribution in [0.1, 0.15) is 32.6 Å². The fourth-order valence-electron chi connectivity index (χ4n) is 2.42. The smallest absolute Gasteiger partial charge is 0.185 e. The van der Waals surface area contributed by atoms with E-state index in [0.29, 0.717) is 22.1 Å².